The van der Waals surface area contributed by atoms with E-state index in [2.05, 4.69) is 32.9 Å². The molecule has 2 rings (SSSR count). The number of nitrogens with two attached hydrogens (primary N) is 1. The Hall–Kier alpha value is -1.20. The van der Waals surface area contributed by atoms with Crippen LogP contribution in [-0.2, 0) is 13.0 Å². The summed E-state index contributed by atoms with van der Waals surface area (Å²) in [6.07, 6.45) is 6.17. The average molecular weight is 295 g/mol. The SMILES string of the molecule is CCn1ncc(Br)c1C(N)Cc1cccnc1. The predicted molar refractivity (Wildman–Crippen MR) is 70.5 cm³/mol. The molecular formula is C12H15BrN4. The normalized spacial score (nSPS) is 12.6. The molecule has 0 fully saturated rings. The molecule has 0 aliphatic heterocycles. The monoisotopic (exact) mass is 294 g/mol. The van der Waals surface area contributed by atoms with Crippen molar-refractivity contribution in [2.24, 2.45) is 5.73 Å². The van der Waals surface area contributed by atoms with E-state index in [-0.39, 0.29) is 6.04 Å². The number of nitrogens with zero attached hydrogens (tertiary/aromatic N) is 3. The molecule has 0 radical (unpaired) electrons. The lowest BCUT2D eigenvalue weighted by atomic mass is 10.1. The van der Waals surface area contributed by atoms with Gasteiger partial charge in [0.1, 0.15) is 0 Å². The fraction of sp³-hybridized carbons (Fsp3) is 0.333. The summed E-state index contributed by atoms with van der Waals surface area (Å²) in [5.41, 5.74) is 8.40. The number of pyridine rings is 1. The summed E-state index contributed by atoms with van der Waals surface area (Å²) in [6, 6.07) is 3.89. The molecule has 5 heteroatoms. The van der Waals surface area contributed by atoms with Gasteiger partial charge in [-0.3, -0.25) is 9.67 Å². The summed E-state index contributed by atoms with van der Waals surface area (Å²) >= 11 is 3.49. The number of rotatable bonds is 4. The van der Waals surface area contributed by atoms with Crippen LogP contribution in [0.2, 0.25) is 0 Å². The Morgan fingerprint density at radius 2 is 2.29 bits per heavy atom. The minimum atomic E-state index is -0.0731. The lowest BCUT2D eigenvalue weighted by Crippen LogP contribution is -2.18. The molecule has 2 aromatic rings. The van der Waals surface area contributed by atoms with Crippen molar-refractivity contribution < 1.29 is 0 Å². The van der Waals surface area contributed by atoms with E-state index in [1.807, 2.05) is 23.0 Å². The lowest BCUT2D eigenvalue weighted by molar-refractivity contribution is 0.566. The zero-order valence-corrected chi connectivity index (χ0v) is 11.3. The van der Waals surface area contributed by atoms with Crippen molar-refractivity contribution >= 4 is 15.9 Å². The van der Waals surface area contributed by atoms with E-state index >= 15 is 0 Å². The van der Waals surface area contributed by atoms with Crippen molar-refractivity contribution in [3.05, 3.63) is 46.5 Å². The molecule has 1 unspecified atom stereocenters. The highest BCUT2D eigenvalue weighted by atomic mass is 79.9. The van der Waals surface area contributed by atoms with Crippen LogP contribution in [-0.4, -0.2) is 14.8 Å². The smallest absolute Gasteiger partial charge is 0.0696 e. The molecule has 0 aliphatic rings. The quantitative estimate of drug-likeness (QED) is 0.941. The van der Waals surface area contributed by atoms with Crippen LogP contribution in [0.1, 0.15) is 24.2 Å². The highest BCUT2D eigenvalue weighted by Crippen LogP contribution is 2.24. The van der Waals surface area contributed by atoms with E-state index in [4.69, 9.17) is 5.73 Å². The molecule has 1 atom stereocenters. The van der Waals surface area contributed by atoms with Gasteiger partial charge in [0, 0.05) is 18.9 Å². The standard InChI is InChI=1S/C12H15BrN4/c1-2-17-12(10(13)8-16-17)11(14)6-9-4-3-5-15-7-9/h3-5,7-8,11H,2,6,14H2,1H3. The summed E-state index contributed by atoms with van der Waals surface area (Å²) < 4.78 is 2.89. The second-order valence-corrected chi connectivity index (χ2v) is 4.72. The largest absolute Gasteiger partial charge is 0.322 e. The fourth-order valence-corrected chi connectivity index (χ4v) is 2.45. The summed E-state index contributed by atoms with van der Waals surface area (Å²) in [5.74, 6) is 0. The highest BCUT2D eigenvalue weighted by Gasteiger charge is 2.16. The number of halogens is 1. The molecular weight excluding hydrogens is 280 g/mol. The summed E-state index contributed by atoms with van der Waals surface area (Å²) in [5, 5.41) is 4.27. The van der Waals surface area contributed by atoms with Gasteiger partial charge in [0.15, 0.2) is 0 Å². The first kappa shape index (κ1) is 12.3. The lowest BCUT2D eigenvalue weighted by Gasteiger charge is -2.14. The molecule has 2 heterocycles. The van der Waals surface area contributed by atoms with Gasteiger partial charge in [0.25, 0.3) is 0 Å². The van der Waals surface area contributed by atoms with E-state index in [0.29, 0.717) is 0 Å². The third-order valence-corrected chi connectivity index (χ3v) is 3.27. The molecule has 0 spiro atoms. The summed E-state index contributed by atoms with van der Waals surface area (Å²) in [7, 11) is 0. The Kier molecular flexibility index (Phi) is 3.91. The van der Waals surface area contributed by atoms with E-state index in [1.165, 1.54) is 0 Å². The Bertz CT molecular complexity index is 481. The van der Waals surface area contributed by atoms with Gasteiger partial charge in [-0.25, -0.2) is 0 Å². The zero-order valence-electron chi connectivity index (χ0n) is 9.68. The zero-order chi connectivity index (χ0) is 12.3. The van der Waals surface area contributed by atoms with Crippen LogP contribution in [0.4, 0.5) is 0 Å². The maximum atomic E-state index is 6.23. The third kappa shape index (κ3) is 2.73. The molecule has 0 aromatic carbocycles. The minimum absolute atomic E-state index is 0.0731. The van der Waals surface area contributed by atoms with Crippen LogP contribution in [0.5, 0.6) is 0 Å². The molecule has 0 bridgehead atoms. The topological polar surface area (TPSA) is 56.7 Å². The van der Waals surface area contributed by atoms with Crippen LogP contribution in [0.25, 0.3) is 0 Å². The molecule has 2 N–H and O–H groups in total. The Balaban J connectivity index is 2.20. The second kappa shape index (κ2) is 5.42. The van der Waals surface area contributed by atoms with E-state index in [9.17, 15) is 0 Å². The van der Waals surface area contributed by atoms with Crippen molar-refractivity contribution in [3.63, 3.8) is 0 Å². The van der Waals surface area contributed by atoms with Gasteiger partial charge < -0.3 is 5.73 Å². The van der Waals surface area contributed by atoms with Crippen molar-refractivity contribution in [2.45, 2.75) is 25.9 Å². The van der Waals surface area contributed by atoms with Gasteiger partial charge in [0.2, 0.25) is 0 Å². The molecule has 0 saturated carbocycles. The van der Waals surface area contributed by atoms with E-state index in [1.54, 1.807) is 12.4 Å². The summed E-state index contributed by atoms with van der Waals surface area (Å²) in [6.45, 7) is 2.88. The number of aromatic nitrogens is 3. The van der Waals surface area contributed by atoms with E-state index in [0.717, 1.165) is 28.7 Å². The van der Waals surface area contributed by atoms with Crippen molar-refractivity contribution in [3.8, 4) is 0 Å². The first-order chi connectivity index (χ1) is 8.22. The van der Waals surface area contributed by atoms with Gasteiger partial charge in [-0.15, -0.1) is 0 Å². The van der Waals surface area contributed by atoms with E-state index < -0.39 is 0 Å². The van der Waals surface area contributed by atoms with Crippen molar-refractivity contribution in [2.75, 3.05) is 0 Å². The molecule has 90 valence electrons. The maximum Gasteiger partial charge on any atom is 0.0696 e. The van der Waals surface area contributed by atoms with Gasteiger partial charge in [-0.1, -0.05) is 6.07 Å². The summed E-state index contributed by atoms with van der Waals surface area (Å²) in [4.78, 5) is 4.09. The van der Waals surface area contributed by atoms with Crippen LogP contribution in [0.3, 0.4) is 0 Å². The third-order valence-electron chi connectivity index (χ3n) is 2.66. The predicted octanol–water partition coefficient (Wildman–Crippen LogP) is 2.30. The first-order valence-electron chi connectivity index (χ1n) is 5.58. The van der Waals surface area contributed by atoms with Crippen molar-refractivity contribution in [1.82, 2.24) is 14.8 Å². The molecule has 0 aliphatic carbocycles. The van der Waals surface area contributed by atoms with Crippen LogP contribution < -0.4 is 5.73 Å². The van der Waals surface area contributed by atoms with Crippen molar-refractivity contribution in [1.29, 1.82) is 0 Å². The number of hydrogen-bond acceptors (Lipinski definition) is 3. The average Bonchev–Trinajstić information content (AvgIpc) is 2.71. The molecule has 4 nitrogen and oxygen atoms in total. The second-order valence-electron chi connectivity index (χ2n) is 3.87. The Labute approximate surface area is 109 Å². The van der Waals surface area contributed by atoms with Crippen LogP contribution in [0.15, 0.2) is 35.2 Å². The number of aryl methyl sites for hydroxylation is 1. The van der Waals surface area contributed by atoms with Crippen LogP contribution in [0, 0.1) is 0 Å². The molecule has 0 saturated heterocycles. The molecule has 0 amide bonds. The first-order valence-corrected chi connectivity index (χ1v) is 6.37. The van der Waals surface area contributed by atoms with Crippen LogP contribution >= 0.6 is 15.9 Å². The highest BCUT2D eigenvalue weighted by molar-refractivity contribution is 9.10. The molecule has 2 aromatic heterocycles. The van der Waals surface area contributed by atoms with Gasteiger partial charge in [-0.2, -0.15) is 5.10 Å². The van der Waals surface area contributed by atoms with Gasteiger partial charge >= 0.3 is 0 Å². The van der Waals surface area contributed by atoms with Gasteiger partial charge in [-0.05, 0) is 40.9 Å². The van der Waals surface area contributed by atoms with Gasteiger partial charge in [0.05, 0.1) is 22.4 Å². The maximum absolute atomic E-state index is 6.23. The fourth-order valence-electron chi connectivity index (χ4n) is 1.86. The Morgan fingerprint density at radius 3 is 2.94 bits per heavy atom. The number of hydrogen-bond donors (Lipinski definition) is 1. The Morgan fingerprint density at radius 1 is 1.47 bits per heavy atom. The minimum Gasteiger partial charge on any atom is -0.322 e. The molecule has 17 heavy (non-hydrogen) atoms.